The van der Waals surface area contributed by atoms with Crippen LogP contribution < -0.4 is 14.8 Å². The highest BCUT2D eigenvalue weighted by molar-refractivity contribution is 7.21. The maximum Gasteiger partial charge on any atom is 0.261 e. The van der Waals surface area contributed by atoms with Gasteiger partial charge in [0.1, 0.15) is 22.7 Å². The normalized spacial score (nSPS) is 16.5. The fourth-order valence-electron chi connectivity index (χ4n) is 3.55. The van der Waals surface area contributed by atoms with Crippen LogP contribution in [0, 0.1) is 0 Å². The molecule has 1 fully saturated rings. The maximum atomic E-state index is 12.1. The number of amides is 1. The van der Waals surface area contributed by atoms with Gasteiger partial charge in [0.25, 0.3) is 5.91 Å². The van der Waals surface area contributed by atoms with E-state index < -0.39 is 6.10 Å². The summed E-state index contributed by atoms with van der Waals surface area (Å²) in [6.45, 7) is 0.716. The molecule has 1 N–H and O–H groups in total. The minimum atomic E-state index is -0.446. The summed E-state index contributed by atoms with van der Waals surface area (Å²) in [5.74, 6) is 1.75. The minimum absolute atomic E-state index is 0.0483. The standard InChI is InChI=1S/C24H21N3O3S/c28-22-20(8-4-5-13-25-22)29-17-9-11-18(12-10-17)30-23-19-14-21(16-6-2-1-3-7-16)31-24(19)27-15-26-23/h1-3,6-7,9-12,14-15,20H,4-5,8,13H2,(H,25,28). The van der Waals surface area contributed by atoms with Crippen LogP contribution >= 0.6 is 11.3 Å². The van der Waals surface area contributed by atoms with E-state index in [1.807, 2.05) is 42.5 Å². The van der Waals surface area contributed by atoms with E-state index in [1.165, 1.54) is 6.33 Å². The fourth-order valence-corrected chi connectivity index (χ4v) is 4.54. The highest BCUT2D eigenvalue weighted by Crippen LogP contribution is 2.37. The molecule has 6 nitrogen and oxygen atoms in total. The van der Waals surface area contributed by atoms with E-state index >= 15 is 0 Å². The van der Waals surface area contributed by atoms with Gasteiger partial charge < -0.3 is 14.8 Å². The third-order valence-corrected chi connectivity index (χ3v) is 6.24. The molecule has 4 aromatic rings. The van der Waals surface area contributed by atoms with Crippen molar-refractivity contribution in [1.82, 2.24) is 15.3 Å². The monoisotopic (exact) mass is 431 g/mol. The van der Waals surface area contributed by atoms with Gasteiger partial charge in [0.2, 0.25) is 5.88 Å². The smallest absolute Gasteiger partial charge is 0.261 e. The fraction of sp³-hybridized carbons (Fsp3) is 0.208. The Labute approximate surface area is 183 Å². The second-order valence-corrected chi connectivity index (χ2v) is 8.37. The molecule has 1 aliphatic heterocycles. The average molecular weight is 432 g/mol. The first-order valence-electron chi connectivity index (χ1n) is 10.3. The van der Waals surface area contributed by atoms with Gasteiger partial charge in [0.05, 0.1) is 5.39 Å². The molecule has 0 bridgehead atoms. The Balaban J connectivity index is 1.34. The van der Waals surface area contributed by atoms with Gasteiger partial charge in [-0.2, -0.15) is 0 Å². The molecule has 5 rings (SSSR count). The summed E-state index contributed by atoms with van der Waals surface area (Å²) >= 11 is 1.61. The van der Waals surface area contributed by atoms with Gasteiger partial charge in [-0.25, -0.2) is 9.97 Å². The summed E-state index contributed by atoms with van der Waals surface area (Å²) < 4.78 is 11.9. The SMILES string of the molecule is O=C1NCCCCC1Oc1ccc(Oc2ncnc3sc(-c4ccccc4)cc23)cc1. The van der Waals surface area contributed by atoms with Crippen molar-refractivity contribution in [2.45, 2.75) is 25.4 Å². The van der Waals surface area contributed by atoms with E-state index in [2.05, 4.69) is 33.5 Å². The van der Waals surface area contributed by atoms with Gasteiger partial charge in [0.15, 0.2) is 6.10 Å². The summed E-state index contributed by atoms with van der Waals surface area (Å²) in [7, 11) is 0. The van der Waals surface area contributed by atoms with Crippen molar-refractivity contribution in [3.05, 3.63) is 67.0 Å². The van der Waals surface area contributed by atoms with Crippen molar-refractivity contribution >= 4 is 27.5 Å². The number of nitrogens with zero attached hydrogens (tertiary/aromatic N) is 2. The number of carbonyl (C=O) groups is 1. The second kappa shape index (κ2) is 8.73. The van der Waals surface area contributed by atoms with E-state index in [4.69, 9.17) is 9.47 Å². The molecule has 2 aromatic heterocycles. The first kappa shape index (κ1) is 19.5. The van der Waals surface area contributed by atoms with Crippen LogP contribution in [-0.2, 0) is 4.79 Å². The van der Waals surface area contributed by atoms with Gasteiger partial charge in [-0.15, -0.1) is 11.3 Å². The summed E-state index contributed by atoms with van der Waals surface area (Å²) in [4.78, 5) is 22.8. The molecule has 0 radical (unpaired) electrons. The van der Waals surface area contributed by atoms with Gasteiger partial charge in [-0.1, -0.05) is 30.3 Å². The predicted octanol–water partition coefficient (Wildman–Crippen LogP) is 5.20. The number of aromatic nitrogens is 2. The number of carbonyl (C=O) groups excluding carboxylic acids is 1. The van der Waals surface area contributed by atoms with Gasteiger partial charge in [-0.3, -0.25) is 4.79 Å². The zero-order valence-electron chi connectivity index (χ0n) is 16.8. The Morgan fingerprint density at radius 2 is 1.77 bits per heavy atom. The van der Waals surface area contributed by atoms with E-state index in [0.717, 1.165) is 39.9 Å². The first-order chi connectivity index (χ1) is 15.3. The van der Waals surface area contributed by atoms with Crippen LogP contribution in [-0.4, -0.2) is 28.5 Å². The molecule has 1 amide bonds. The lowest BCUT2D eigenvalue weighted by Gasteiger charge is -2.16. The van der Waals surface area contributed by atoms with Crippen molar-refractivity contribution < 1.29 is 14.3 Å². The average Bonchev–Trinajstić information content (AvgIpc) is 3.15. The Morgan fingerprint density at radius 3 is 2.61 bits per heavy atom. The molecular weight excluding hydrogens is 410 g/mol. The lowest BCUT2D eigenvalue weighted by Crippen LogP contribution is -2.36. The molecule has 0 aliphatic carbocycles. The van der Waals surface area contributed by atoms with Crippen molar-refractivity contribution in [3.8, 4) is 27.8 Å². The van der Waals surface area contributed by atoms with E-state index in [0.29, 0.717) is 23.9 Å². The van der Waals surface area contributed by atoms with Crippen molar-refractivity contribution in [3.63, 3.8) is 0 Å². The number of ether oxygens (including phenoxy) is 2. The Kier molecular flexibility index (Phi) is 5.50. The van der Waals surface area contributed by atoms with Crippen LogP contribution in [0.15, 0.2) is 67.0 Å². The highest BCUT2D eigenvalue weighted by Gasteiger charge is 2.22. The summed E-state index contributed by atoms with van der Waals surface area (Å²) in [6.07, 6.45) is 3.76. The number of benzene rings is 2. The highest BCUT2D eigenvalue weighted by atomic mass is 32.1. The lowest BCUT2D eigenvalue weighted by atomic mass is 10.2. The lowest BCUT2D eigenvalue weighted by molar-refractivity contribution is -0.127. The number of hydrogen-bond acceptors (Lipinski definition) is 6. The quantitative estimate of drug-likeness (QED) is 0.470. The zero-order valence-corrected chi connectivity index (χ0v) is 17.6. The number of rotatable bonds is 5. The zero-order chi connectivity index (χ0) is 21.0. The Hall–Kier alpha value is -3.45. The number of fused-ring (bicyclic) bond motifs is 1. The van der Waals surface area contributed by atoms with E-state index in [1.54, 1.807) is 11.3 Å². The third kappa shape index (κ3) is 4.36. The molecule has 1 aliphatic rings. The molecule has 156 valence electrons. The maximum absolute atomic E-state index is 12.1. The molecule has 1 unspecified atom stereocenters. The molecule has 0 spiro atoms. The molecule has 7 heteroatoms. The van der Waals surface area contributed by atoms with E-state index in [9.17, 15) is 4.79 Å². The van der Waals surface area contributed by atoms with Crippen LogP contribution in [0.3, 0.4) is 0 Å². The number of hydrogen-bond donors (Lipinski definition) is 1. The molecule has 2 aromatic carbocycles. The van der Waals surface area contributed by atoms with Gasteiger partial charge in [-0.05, 0) is 55.2 Å². The topological polar surface area (TPSA) is 73.3 Å². The molecule has 3 heterocycles. The molecule has 1 saturated heterocycles. The van der Waals surface area contributed by atoms with Crippen LogP contribution in [0.4, 0.5) is 0 Å². The van der Waals surface area contributed by atoms with Crippen molar-refractivity contribution in [2.75, 3.05) is 6.54 Å². The van der Waals surface area contributed by atoms with Gasteiger partial charge in [0, 0.05) is 11.4 Å². The summed E-state index contributed by atoms with van der Waals surface area (Å²) in [5, 5.41) is 3.76. The molecule has 0 saturated carbocycles. The summed E-state index contributed by atoms with van der Waals surface area (Å²) in [5.41, 5.74) is 1.14. The summed E-state index contributed by atoms with van der Waals surface area (Å²) in [6, 6.07) is 19.5. The first-order valence-corrected chi connectivity index (χ1v) is 11.1. The van der Waals surface area contributed by atoms with E-state index in [-0.39, 0.29) is 5.91 Å². The van der Waals surface area contributed by atoms with Crippen LogP contribution in [0.2, 0.25) is 0 Å². The van der Waals surface area contributed by atoms with Crippen LogP contribution in [0.5, 0.6) is 17.4 Å². The minimum Gasteiger partial charge on any atom is -0.481 e. The number of nitrogens with one attached hydrogen (secondary N) is 1. The molecular formula is C24H21N3O3S. The second-order valence-electron chi connectivity index (χ2n) is 7.34. The predicted molar refractivity (Wildman–Crippen MR) is 121 cm³/mol. The van der Waals surface area contributed by atoms with Crippen molar-refractivity contribution in [2.24, 2.45) is 0 Å². The van der Waals surface area contributed by atoms with Crippen molar-refractivity contribution in [1.29, 1.82) is 0 Å². The largest absolute Gasteiger partial charge is 0.481 e. The van der Waals surface area contributed by atoms with Crippen LogP contribution in [0.25, 0.3) is 20.7 Å². The van der Waals surface area contributed by atoms with Gasteiger partial charge >= 0.3 is 0 Å². The molecule has 1 atom stereocenters. The Bertz CT molecular complexity index is 1190. The third-order valence-electron chi connectivity index (χ3n) is 5.15. The molecule has 31 heavy (non-hydrogen) atoms. The number of thiophene rings is 1. The van der Waals surface area contributed by atoms with Crippen LogP contribution in [0.1, 0.15) is 19.3 Å². The Morgan fingerprint density at radius 1 is 0.968 bits per heavy atom.